The summed E-state index contributed by atoms with van der Waals surface area (Å²) >= 11 is 0. The number of nitrogens with zero attached hydrogens (tertiary/aromatic N) is 6. The lowest BCUT2D eigenvalue weighted by molar-refractivity contribution is -0.140. The minimum absolute atomic E-state index is 0.274. The van der Waals surface area contributed by atoms with Gasteiger partial charge < -0.3 is 10.4 Å². The van der Waals surface area contributed by atoms with Crippen LogP contribution in [0.1, 0.15) is 43.9 Å². The maximum Gasteiger partial charge on any atom is 0.314 e. The van der Waals surface area contributed by atoms with Crippen molar-refractivity contribution >= 4 is 17.6 Å². The van der Waals surface area contributed by atoms with E-state index in [-0.39, 0.29) is 5.92 Å². The van der Waals surface area contributed by atoms with Gasteiger partial charge >= 0.3 is 5.97 Å². The SMILES string of the molecule is CC(C)c1cncc(Nc2c(-c3ccc(-c4ccc(C5(C(=O)O)CC5)cn4)cn3)cnn2C)n1. The largest absolute Gasteiger partial charge is 0.481 e. The lowest BCUT2D eigenvalue weighted by Crippen LogP contribution is -2.19. The topological polar surface area (TPSA) is 119 Å². The number of carbonyl (C=O) groups is 1. The Kier molecular flexibility index (Phi) is 5.31. The molecule has 2 N–H and O–H groups in total. The van der Waals surface area contributed by atoms with Gasteiger partial charge in [-0.2, -0.15) is 5.10 Å². The van der Waals surface area contributed by atoms with Crippen LogP contribution in [-0.4, -0.2) is 40.8 Å². The van der Waals surface area contributed by atoms with Crippen molar-refractivity contribution < 1.29 is 9.90 Å². The van der Waals surface area contributed by atoms with Crippen molar-refractivity contribution in [2.75, 3.05) is 5.32 Å². The summed E-state index contributed by atoms with van der Waals surface area (Å²) in [6, 6.07) is 7.58. The van der Waals surface area contributed by atoms with Crippen LogP contribution in [0.3, 0.4) is 0 Å². The van der Waals surface area contributed by atoms with Crippen molar-refractivity contribution in [2.24, 2.45) is 7.05 Å². The molecule has 0 radical (unpaired) electrons. The van der Waals surface area contributed by atoms with Crippen molar-refractivity contribution in [3.63, 3.8) is 0 Å². The molecular formula is C25H25N7O2. The lowest BCUT2D eigenvalue weighted by atomic mass is 9.97. The van der Waals surface area contributed by atoms with Gasteiger partial charge in [-0.25, -0.2) is 4.98 Å². The monoisotopic (exact) mass is 455 g/mol. The summed E-state index contributed by atoms with van der Waals surface area (Å²) in [6.45, 7) is 4.15. The van der Waals surface area contributed by atoms with Gasteiger partial charge in [-0.1, -0.05) is 19.9 Å². The number of carboxylic acids is 1. The molecule has 0 aliphatic heterocycles. The van der Waals surface area contributed by atoms with Gasteiger partial charge in [-0.15, -0.1) is 0 Å². The summed E-state index contributed by atoms with van der Waals surface area (Å²) in [5, 5.41) is 17.2. The Labute approximate surface area is 197 Å². The third-order valence-corrected chi connectivity index (χ3v) is 6.24. The van der Waals surface area contributed by atoms with E-state index in [9.17, 15) is 9.90 Å². The van der Waals surface area contributed by atoms with E-state index in [1.54, 1.807) is 35.7 Å². The first-order valence-corrected chi connectivity index (χ1v) is 11.1. The number of rotatable bonds is 7. The quantitative estimate of drug-likeness (QED) is 0.423. The van der Waals surface area contributed by atoms with Crippen LogP contribution in [0.15, 0.2) is 55.2 Å². The smallest absolute Gasteiger partial charge is 0.314 e. The Balaban J connectivity index is 1.38. The van der Waals surface area contributed by atoms with Gasteiger partial charge in [0.2, 0.25) is 0 Å². The molecule has 0 atom stereocenters. The second-order valence-corrected chi connectivity index (χ2v) is 8.89. The molecule has 0 unspecified atom stereocenters. The molecule has 0 aromatic carbocycles. The molecule has 1 saturated carbocycles. The first-order valence-electron chi connectivity index (χ1n) is 11.1. The number of pyridine rings is 2. The van der Waals surface area contributed by atoms with E-state index in [2.05, 4.69) is 44.2 Å². The second kappa shape index (κ2) is 8.33. The lowest BCUT2D eigenvalue weighted by Gasteiger charge is -2.11. The first-order chi connectivity index (χ1) is 16.4. The summed E-state index contributed by atoms with van der Waals surface area (Å²) in [6.07, 6.45) is 9.97. The number of anilines is 2. The summed E-state index contributed by atoms with van der Waals surface area (Å²) in [5.74, 6) is 0.903. The molecule has 0 bridgehead atoms. The molecule has 1 aliphatic carbocycles. The van der Waals surface area contributed by atoms with Crippen molar-refractivity contribution in [2.45, 2.75) is 38.0 Å². The van der Waals surface area contributed by atoms with Gasteiger partial charge in [0, 0.05) is 31.2 Å². The summed E-state index contributed by atoms with van der Waals surface area (Å²) < 4.78 is 1.74. The molecule has 4 heterocycles. The van der Waals surface area contributed by atoms with E-state index in [1.807, 2.05) is 31.3 Å². The highest BCUT2D eigenvalue weighted by atomic mass is 16.4. The summed E-state index contributed by atoms with van der Waals surface area (Å²) in [4.78, 5) is 29.6. The van der Waals surface area contributed by atoms with Crippen LogP contribution in [0.2, 0.25) is 0 Å². The van der Waals surface area contributed by atoms with Crippen molar-refractivity contribution in [1.82, 2.24) is 29.7 Å². The van der Waals surface area contributed by atoms with E-state index in [4.69, 9.17) is 0 Å². The Hall–Kier alpha value is -4.14. The van der Waals surface area contributed by atoms with Crippen molar-refractivity contribution in [1.29, 1.82) is 0 Å². The van der Waals surface area contributed by atoms with E-state index in [1.165, 1.54) is 0 Å². The molecule has 0 spiro atoms. The fraction of sp³-hybridized carbons (Fsp3) is 0.280. The highest BCUT2D eigenvalue weighted by Crippen LogP contribution is 2.48. The summed E-state index contributed by atoms with van der Waals surface area (Å²) in [7, 11) is 1.86. The van der Waals surface area contributed by atoms with Gasteiger partial charge in [-0.05, 0) is 42.5 Å². The van der Waals surface area contributed by atoms with Gasteiger partial charge in [-0.3, -0.25) is 24.4 Å². The molecule has 4 aromatic rings. The Morgan fingerprint density at radius 3 is 2.41 bits per heavy atom. The fourth-order valence-corrected chi connectivity index (χ4v) is 3.92. The van der Waals surface area contributed by atoms with Crippen LogP contribution in [0.25, 0.3) is 22.5 Å². The fourth-order valence-electron chi connectivity index (χ4n) is 3.92. The number of nitrogens with one attached hydrogen (secondary N) is 1. The van der Waals surface area contributed by atoms with Gasteiger partial charge in [0.1, 0.15) is 11.6 Å². The molecule has 172 valence electrons. The average molecular weight is 456 g/mol. The molecule has 9 heteroatoms. The van der Waals surface area contributed by atoms with Gasteiger partial charge in [0.05, 0.1) is 40.5 Å². The van der Waals surface area contributed by atoms with Crippen LogP contribution in [0.4, 0.5) is 11.6 Å². The Morgan fingerprint density at radius 1 is 1.03 bits per heavy atom. The maximum absolute atomic E-state index is 11.5. The average Bonchev–Trinajstić information content (AvgIpc) is 3.59. The number of aromatic nitrogens is 6. The highest BCUT2D eigenvalue weighted by Gasteiger charge is 2.51. The number of hydrogen-bond acceptors (Lipinski definition) is 7. The van der Waals surface area contributed by atoms with E-state index < -0.39 is 11.4 Å². The first kappa shape index (κ1) is 21.7. The number of carboxylic acid groups (broad SMARTS) is 1. The van der Waals surface area contributed by atoms with Gasteiger partial charge in [0.25, 0.3) is 0 Å². The maximum atomic E-state index is 11.5. The zero-order valence-corrected chi connectivity index (χ0v) is 19.2. The van der Waals surface area contributed by atoms with E-state index in [0.717, 1.165) is 39.6 Å². The van der Waals surface area contributed by atoms with E-state index in [0.29, 0.717) is 18.7 Å². The molecule has 9 nitrogen and oxygen atoms in total. The molecule has 1 fully saturated rings. The van der Waals surface area contributed by atoms with E-state index >= 15 is 0 Å². The zero-order valence-electron chi connectivity index (χ0n) is 19.2. The second-order valence-electron chi connectivity index (χ2n) is 8.89. The van der Waals surface area contributed by atoms with Crippen molar-refractivity contribution in [3.8, 4) is 22.5 Å². The zero-order chi connectivity index (χ0) is 23.9. The number of hydrogen-bond donors (Lipinski definition) is 2. The normalized spacial score (nSPS) is 14.2. The number of aryl methyl sites for hydroxylation is 1. The standard InChI is InChI=1S/C25H25N7O2/c1-15(2)21-13-26-14-22(30-21)31-23-18(12-29-32(23)3)20-6-4-16(10-27-20)19-7-5-17(11-28-19)25(8-9-25)24(33)34/h4-7,10-15H,8-9H2,1-3H3,(H,30,31)(H,33,34). The molecule has 0 saturated heterocycles. The van der Waals surface area contributed by atoms with Crippen LogP contribution < -0.4 is 5.32 Å². The third kappa shape index (κ3) is 3.89. The van der Waals surface area contributed by atoms with Crippen molar-refractivity contribution in [3.05, 3.63) is 66.5 Å². The van der Waals surface area contributed by atoms with Crippen LogP contribution in [0, 0.1) is 0 Å². The summed E-state index contributed by atoms with van der Waals surface area (Å²) in [5.41, 5.74) is 4.10. The minimum atomic E-state index is -0.782. The molecule has 1 aliphatic rings. The third-order valence-electron chi connectivity index (χ3n) is 6.24. The molecule has 0 amide bonds. The molecule has 4 aromatic heterocycles. The molecule has 34 heavy (non-hydrogen) atoms. The predicted octanol–water partition coefficient (Wildman–Crippen LogP) is 4.32. The van der Waals surface area contributed by atoms with Gasteiger partial charge in [0.15, 0.2) is 0 Å². The van der Waals surface area contributed by atoms with Crippen LogP contribution in [-0.2, 0) is 17.3 Å². The minimum Gasteiger partial charge on any atom is -0.481 e. The molecular weight excluding hydrogens is 430 g/mol. The Bertz CT molecular complexity index is 1340. The molecule has 5 rings (SSSR count). The predicted molar refractivity (Wildman–Crippen MR) is 128 cm³/mol. The number of aliphatic carboxylic acids is 1. The van der Waals surface area contributed by atoms with Crippen LogP contribution in [0.5, 0.6) is 0 Å². The Morgan fingerprint density at radius 2 is 1.79 bits per heavy atom. The highest BCUT2D eigenvalue weighted by molar-refractivity contribution is 5.85. The van der Waals surface area contributed by atoms with Crippen LogP contribution >= 0.6 is 0 Å².